The van der Waals surface area contributed by atoms with Gasteiger partial charge in [-0.05, 0) is 25.0 Å². The zero-order valence-corrected chi connectivity index (χ0v) is 8.27. The average molecular weight is 208 g/mol. The van der Waals surface area contributed by atoms with E-state index in [0.29, 0.717) is 31.0 Å². The van der Waals surface area contributed by atoms with Crippen molar-refractivity contribution in [3.63, 3.8) is 0 Å². The summed E-state index contributed by atoms with van der Waals surface area (Å²) in [5, 5.41) is 1.27. The lowest BCUT2D eigenvalue weighted by molar-refractivity contribution is -0.0807. The molecule has 0 radical (unpaired) electrons. The summed E-state index contributed by atoms with van der Waals surface area (Å²) in [6.07, 6.45) is -1.02. The molecule has 1 aliphatic heterocycles. The van der Waals surface area contributed by atoms with Gasteiger partial charge in [-0.1, -0.05) is 19.8 Å². The second-order valence-corrected chi connectivity index (χ2v) is 3.58. The van der Waals surface area contributed by atoms with Gasteiger partial charge in [0.05, 0.1) is 0 Å². The molecule has 1 aliphatic rings. The first-order chi connectivity index (χ1) is 6.94. The summed E-state index contributed by atoms with van der Waals surface area (Å²) < 4.78 is 44.1. The number of alkyl halides is 3. The Bertz CT molecular complexity index is 237. The fourth-order valence-corrected chi connectivity index (χ4v) is 1.69. The minimum Gasteiger partial charge on any atom is -0.310 e. The standard InChI is InChI=1S/C10H16F3N/c1-2-3-4-9-8(5-6-14-9)7-10(11,12)13/h7,9,14H,2-6H2,1H3/b8-7-/i/hD. The number of rotatable bonds is 3. The highest BCUT2D eigenvalue weighted by atomic mass is 19.4. The molecule has 0 aliphatic carbocycles. The van der Waals surface area contributed by atoms with Crippen LogP contribution in [-0.2, 0) is 0 Å². The summed E-state index contributed by atoms with van der Waals surface area (Å²) in [6.45, 7) is 2.41. The Morgan fingerprint density at radius 1 is 1.64 bits per heavy atom. The highest BCUT2D eigenvalue weighted by Gasteiger charge is 2.29. The van der Waals surface area contributed by atoms with Gasteiger partial charge in [0.2, 0.25) is 0 Å². The van der Waals surface area contributed by atoms with Crippen molar-refractivity contribution in [2.45, 2.75) is 44.8 Å². The maximum Gasteiger partial charge on any atom is 0.409 e. The molecule has 0 aromatic rings. The number of halogens is 3. The second-order valence-electron chi connectivity index (χ2n) is 3.58. The average Bonchev–Trinajstić information content (AvgIpc) is 2.42. The quantitative estimate of drug-likeness (QED) is 0.703. The lowest BCUT2D eigenvalue weighted by Gasteiger charge is -2.12. The van der Waals surface area contributed by atoms with Gasteiger partial charge in [-0.15, -0.1) is 0 Å². The van der Waals surface area contributed by atoms with Crippen LogP contribution in [0.15, 0.2) is 11.6 Å². The molecule has 1 fully saturated rings. The fourth-order valence-electron chi connectivity index (χ4n) is 1.69. The highest BCUT2D eigenvalue weighted by molar-refractivity contribution is 5.17. The summed E-state index contributed by atoms with van der Waals surface area (Å²) in [7, 11) is 0. The minimum absolute atomic E-state index is 0.327. The highest BCUT2D eigenvalue weighted by Crippen LogP contribution is 2.26. The van der Waals surface area contributed by atoms with Crippen LogP contribution >= 0.6 is 0 Å². The molecular formula is C10H16F3N. The largest absolute Gasteiger partial charge is 0.409 e. The Kier molecular flexibility index (Phi) is 3.45. The van der Waals surface area contributed by atoms with Gasteiger partial charge >= 0.3 is 6.18 Å². The summed E-state index contributed by atoms with van der Waals surface area (Å²) in [4.78, 5) is 0. The summed E-state index contributed by atoms with van der Waals surface area (Å²) in [5.41, 5.74) is 0.367. The van der Waals surface area contributed by atoms with Gasteiger partial charge in [0, 0.05) is 12.1 Å². The molecule has 82 valence electrons. The molecule has 1 atom stereocenters. The van der Waals surface area contributed by atoms with Crippen molar-refractivity contribution < 1.29 is 14.6 Å². The first kappa shape index (κ1) is 10.0. The van der Waals surface area contributed by atoms with E-state index in [1.165, 1.54) is 5.31 Å². The Labute approximate surface area is 83.8 Å². The van der Waals surface area contributed by atoms with E-state index in [0.717, 1.165) is 12.8 Å². The topological polar surface area (TPSA) is 12.0 Å². The van der Waals surface area contributed by atoms with Crippen LogP contribution in [0.3, 0.4) is 0 Å². The summed E-state index contributed by atoms with van der Waals surface area (Å²) in [6, 6.07) is -0.327. The van der Waals surface area contributed by atoms with Gasteiger partial charge in [-0.3, -0.25) is 0 Å². The van der Waals surface area contributed by atoms with E-state index >= 15 is 0 Å². The van der Waals surface area contributed by atoms with Crippen LogP contribution in [0.4, 0.5) is 13.2 Å². The van der Waals surface area contributed by atoms with E-state index in [2.05, 4.69) is 0 Å². The fraction of sp³-hybridized carbons (Fsp3) is 0.800. The molecule has 4 heteroatoms. The number of hydrogen-bond donors (Lipinski definition) is 1. The van der Waals surface area contributed by atoms with E-state index in [-0.39, 0.29) is 6.04 Å². The number of nitrogens with one attached hydrogen (secondary N) is 1. The van der Waals surface area contributed by atoms with Crippen LogP contribution in [0.1, 0.15) is 32.6 Å². The van der Waals surface area contributed by atoms with Crippen LogP contribution < -0.4 is 5.31 Å². The lowest BCUT2D eigenvalue weighted by Crippen LogP contribution is -2.23. The SMILES string of the molecule is [2H]N1CC/C(=C/C(F)(F)F)C1CCCC. The van der Waals surface area contributed by atoms with Gasteiger partial charge in [0.25, 0.3) is 0 Å². The molecule has 0 saturated carbocycles. The Morgan fingerprint density at radius 3 is 2.93 bits per heavy atom. The molecular weight excluding hydrogens is 191 g/mol. The number of unbranched alkanes of at least 4 members (excludes halogenated alkanes) is 1. The molecule has 14 heavy (non-hydrogen) atoms. The molecule has 1 N–H and O–H groups in total. The predicted molar refractivity (Wildman–Crippen MR) is 50.1 cm³/mol. The van der Waals surface area contributed by atoms with Crippen molar-refractivity contribution in [2.24, 2.45) is 0 Å². The van der Waals surface area contributed by atoms with Crippen molar-refractivity contribution >= 4 is 0 Å². The Balaban J connectivity index is 2.67. The van der Waals surface area contributed by atoms with Crippen molar-refractivity contribution in [3.05, 3.63) is 11.6 Å². The van der Waals surface area contributed by atoms with Crippen molar-refractivity contribution in [1.82, 2.24) is 5.31 Å². The minimum atomic E-state index is -4.25. The normalized spacial score (nSPS) is 28.4. The zero-order valence-electron chi connectivity index (χ0n) is 9.27. The number of hydrogen-bond acceptors (Lipinski definition) is 1. The zero-order chi connectivity index (χ0) is 11.5. The van der Waals surface area contributed by atoms with Crippen molar-refractivity contribution in [2.75, 3.05) is 6.54 Å². The van der Waals surface area contributed by atoms with Crippen LogP contribution in [0, 0.1) is 0 Å². The van der Waals surface area contributed by atoms with Gasteiger partial charge in [-0.25, -0.2) is 0 Å². The summed E-state index contributed by atoms with van der Waals surface area (Å²) in [5.74, 6) is 0. The molecule has 1 heterocycles. The third-order valence-electron chi connectivity index (χ3n) is 2.36. The number of allylic oxidation sites excluding steroid dienone is 1. The molecule has 0 amide bonds. The second kappa shape index (κ2) is 4.82. The van der Waals surface area contributed by atoms with E-state index in [1.54, 1.807) is 0 Å². The first-order valence-corrected chi connectivity index (χ1v) is 4.98. The molecule has 1 nitrogen and oxygen atoms in total. The van der Waals surface area contributed by atoms with Crippen molar-refractivity contribution in [1.29, 1.82) is 0 Å². The van der Waals surface area contributed by atoms with E-state index in [9.17, 15) is 13.2 Å². The predicted octanol–water partition coefficient (Wildman–Crippen LogP) is 3.03. The van der Waals surface area contributed by atoms with Gasteiger partial charge in [0.15, 0.2) is 0 Å². The molecule has 1 saturated heterocycles. The van der Waals surface area contributed by atoms with E-state index in [1.807, 2.05) is 6.92 Å². The lowest BCUT2D eigenvalue weighted by atomic mass is 10.0. The third-order valence-corrected chi connectivity index (χ3v) is 2.36. The smallest absolute Gasteiger partial charge is 0.310 e. The molecule has 1 rings (SSSR count). The van der Waals surface area contributed by atoms with Gasteiger partial charge in [-0.2, -0.15) is 13.2 Å². The third kappa shape index (κ3) is 3.70. The molecule has 0 bridgehead atoms. The van der Waals surface area contributed by atoms with Crippen LogP contribution in [0.5, 0.6) is 0 Å². The first-order valence-electron chi connectivity index (χ1n) is 5.42. The van der Waals surface area contributed by atoms with Gasteiger partial charge in [0.1, 0.15) is 1.41 Å². The van der Waals surface area contributed by atoms with Crippen LogP contribution in [0.2, 0.25) is 1.41 Å². The van der Waals surface area contributed by atoms with Crippen molar-refractivity contribution in [3.8, 4) is 0 Å². The molecule has 0 aromatic heterocycles. The Hall–Kier alpha value is -0.510. The molecule has 0 aromatic carbocycles. The van der Waals surface area contributed by atoms with E-state index < -0.39 is 6.18 Å². The van der Waals surface area contributed by atoms with Gasteiger partial charge < -0.3 is 5.31 Å². The molecule has 1 unspecified atom stereocenters. The maximum atomic E-state index is 12.2. The Morgan fingerprint density at radius 2 is 2.36 bits per heavy atom. The van der Waals surface area contributed by atoms with E-state index in [4.69, 9.17) is 1.41 Å². The monoisotopic (exact) mass is 208 g/mol. The van der Waals surface area contributed by atoms with Crippen LogP contribution in [0.25, 0.3) is 0 Å². The maximum absolute atomic E-state index is 12.2. The molecule has 0 spiro atoms. The summed E-state index contributed by atoms with van der Waals surface area (Å²) >= 11 is 0. The van der Waals surface area contributed by atoms with Crippen LogP contribution in [-0.4, -0.2) is 18.8 Å².